The van der Waals surface area contributed by atoms with E-state index in [2.05, 4.69) is 21.0 Å². The van der Waals surface area contributed by atoms with Crippen LogP contribution in [0.2, 0.25) is 0 Å². The van der Waals surface area contributed by atoms with E-state index in [1.54, 1.807) is 6.20 Å². The van der Waals surface area contributed by atoms with Crippen molar-refractivity contribution in [2.24, 2.45) is 5.92 Å². The normalized spacial score (nSPS) is 19.0. The van der Waals surface area contributed by atoms with Gasteiger partial charge in [0.25, 0.3) is 5.91 Å². The molecule has 8 heteroatoms. The maximum absolute atomic E-state index is 11.7. The summed E-state index contributed by atoms with van der Waals surface area (Å²) in [6.07, 6.45) is 4.09. The van der Waals surface area contributed by atoms with E-state index < -0.39 is 12.1 Å². The molecule has 21 heavy (non-hydrogen) atoms. The van der Waals surface area contributed by atoms with Crippen LogP contribution < -0.4 is 16.0 Å². The molecule has 0 bridgehead atoms. The Morgan fingerprint density at radius 3 is 2.95 bits per heavy atom. The molecule has 1 aromatic heterocycles. The number of carbonyl (C=O) groups excluding carboxylic acids is 3. The van der Waals surface area contributed by atoms with Crippen LogP contribution >= 0.6 is 0 Å². The van der Waals surface area contributed by atoms with E-state index in [9.17, 15) is 14.4 Å². The molecule has 0 saturated carbocycles. The fourth-order valence-electron chi connectivity index (χ4n) is 2.11. The number of nitrogens with zero attached hydrogens (tertiary/aromatic N) is 2. The van der Waals surface area contributed by atoms with Gasteiger partial charge >= 0.3 is 6.03 Å². The van der Waals surface area contributed by atoms with Crippen LogP contribution in [0.1, 0.15) is 19.8 Å². The van der Waals surface area contributed by atoms with Gasteiger partial charge in [-0.1, -0.05) is 6.92 Å². The van der Waals surface area contributed by atoms with E-state index in [-0.39, 0.29) is 24.2 Å². The molecule has 4 amide bonds. The predicted octanol–water partition coefficient (Wildman–Crippen LogP) is -0.376. The lowest BCUT2D eigenvalue weighted by atomic mass is 10.1. The van der Waals surface area contributed by atoms with Crippen LogP contribution in [0.25, 0.3) is 0 Å². The predicted molar refractivity (Wildman–Crippen MR) is 74.1 cm³/mol. The van der Waals surface area contributed by atoms with Crippen molar-refractivity contribution in [1.29, 1.82) is 0 Å². The highest BCUT2D eigenvalue weighted by Gasteiger charge is 2.29. The summed E-state index contributed by atoms with van der Waals surface area (Å²) < 4.78 is 1.81. The van der Waals surface area contributed by atoms with Crippen molar-refractivity contribution in [3.63, 3.8) is 0 Å². The number of aromatic nitrogens is 2. The second kappa shape index (κ2) is 6.87. The van der Waals surface area contributed by atoms with Gasteiger partial charge < -0.3 is 10.6 Å². The first-order chi connectivity index (χ1) is 10.0. The molecule has 1 aliphatic heterocycles. The number of hydrogen-bond donors (Lipinski definition) is 3. The average molecular weight is 293 g/mol. The largest absolute Gasteiger partial charge is 0.356 e. The topological polar surface area (TPSA) is 105 Å². The van der Waals surface area contributed by atoms with Crippen molar-refractivity contribution in [3.05, 3.63) is 18.5 Å². The summed E-state index contributed by atoms with van der Waals surface area (Å²) in [5.41, 5.74) is 0. The molecule has 0 aliphatic carbocycles. The van der Waals surface area contributed by atoms with E-state index >= 15 is 0 Å². The fraction of sp³-hybridized carbons (Fsp3) is 0.538. The van der Waals surface area contributed by atoms with Crippen LogP contribution in [0.3, 0.4) is 0 Å². The number of rotatable bonds is 7. The number of amides is 4. The highest BCUT2D eigenvalue weighted by molar-refractivity contribution is 6.04. The molecule has 2 heterocycles. The minimum absolute atomic E-state index is 0.128. The highest BCUT2D eigenvalue weighted by Crippen LogP contribution is 2.03. The van der Waals surface area contributed by atoms with Gasteiger partial charge in [0.1, 0.15) is 6.04 Å². The Labute approximate surface area is 122 Å². The van der Waals surface area contributed by atoms with Crippen molar-refractivity contribution in [2.45, 2.75) is 32.4 Å². The zero-order chi connectivity index (χ0) is 15.2. The lowest BCUT2D eigenvalue weighted by Crippen LogP contribution is -2.33. The third kappa shape index (κ3) is 4.59. The second-order valence-corrected chi connectivity index (χ2v) is 5.19. The van der Waals surface area contributed by atoms with Crippen LogP contribution in [0.15, 0.2) is 18.5 Å². The molecule has 0 aromatic carbocycles. The van der Waals surface area contributed by atoms with Crippen LogP contribution in [0, 0.1) is 5.92 Å². The molecule has 0 radical (unpaired) electrons. The molecule has 1 saturated heterocycles. The maximum atomic E-state index is 11.7. The molecule has 2 rings (SSSR count). The molecule has 3 N–H and O–H groups in total. The van der Waals surface area contributed by atoms with Crippen molar-refractivity contribution in [2.75, 3.05) is 6.54 Å². The molecular formula is C13H19N5O3. The Balaban J connectivity index is 1.63. The first-order valence-corrected chi connectivity index (χ1v) is 6.90. The SMILES string of the molecule is C[C@H](CNC(=O)CC[C@H]1NC(=O)NC1=O)Cn1cccn1. The smallest absolute Gasteiger partial charge is 0.322 e. The van der Waals surface area contributed by atoms with Gasteiger partial charge in [0, 0.05) is 31.9 Å². The Hall–Kier alpha value is -2.38. The number of carbonyl (C=O) groups is 3. The molecule has 1 fully saturated rings. The summed E-state index contributed by atoms with van der Waals surface area (Å²) in [4.78, 5) is 33.9. The van der Waals surface area contributed by atoms with Gasteiger partial charge in [0.05, 0.1) is 0 Å². The van der Waals surface area contributed by atoms with Gasteiger partial charge in [-0.3, -0.25) is 19.6 Å². The Morgan fingerprint density at radius 1 is 1.52 bits per heavy atom. The maximum Gasteiger partial charge on any atom is 0.322 e. The Bertz CT molecular complexity index is 514. The second-order valence-electron chi connectivity index (χ2n) is 5.19. The van der Waals surface area contributed by atoms with Gasteiger partial charge in [-0.15, -0.1) is 0 Å². The van der Waals surface area contributed by atoms with Gasteiger partial charge in [-0.05, 0) is 18.4 Å². The fourth-order valence-corrected chi connectivity index (χ4v) is 2.11. The zero-order valence-corrected chi connectivity index (χ0v) is 11.8. The lowest BCUT2D eigenvalue weighted by molar-refractivity contribution is -0.122. The molecule has 1 aromatic rings. The van der Waals surface area contributed by atoms with Crippen molar-refractivity contribution in [3.8, 4) is 0 Å². The number of urea groups is 1. The van der Waals surface area contributed by atoms with Crippen LogP contribution in [-0.4, -0.2) is 40.2 Å². The summed E-state index contributed by atoms with van der Waals surface area (Å²) >= 11 is 0. The molecule has 8 nitrogen and oxygen atoms in total. The third-order valence-corrected chi connectivity index (χ3v) is 3.22. The molecule has 0 unspecified atom stereocenters. The monoisotopic (exact) mass is 293 g/mol. The van der Waals surface area contributed by atoms with Gasteiger partial charge in [-0.25, -0.2) is 4.79 Å². The lowest BCUT2D eigenvalue weighted by Gasteiger charge is -2.13. The van der Waals surface area contributed by atoms with E-state index in [4.69, 9.17) is 0 Å². The standard InChI is InChI=1S/C13H19N5O3/c1-9(8-18-6-2-5-15-18)7-14-11(19)4-3-10-12(20)17-13(21)16-10/h2,5-6,9-10H,3-4,7-8H2,1H3,(H,14,19)(H2,16,17,20,21)/t9-,10-/m1/s1. The minimum atomic E-state index is -0.607. The quantitative estimate of drug-likeness (QED) is 0.596. The first kappa shape index (κ1) is 15.0. The van der Waals surface area contributed by atoms with Gasteiger partial charge in [0.15, 0.2) is 0 Å². The van der Waals surface area contributed by atoms with Crippen molar-refractivity contribution in [1.82, 2.24) is 25.7 Å². The molecule has 114 valence electrons. The van der Waals surface area contributed by atoms with Crippen LogP contribution in [-0.2, 0) is 16.1 Å². The Kier molecular flexibility index (Phi) is 4.91. The zero-order valence-electron chi connectivity index (χ0n) is 11.8. The molecule has 0 spiro atoms. The summed E-state index contributed by atoms with van der Waals surface area (Å²) in [7, 11) is 0. The molecular weight excluding hydrogens is 274 g/mol. The number of nitrogens with one attached hydrogen (secondary N) is 3. The summed E-state index contributed by atoms with van der Waals surface area (Å²) in [5.74, 6) is -0.251. The summed E-state index contributed by atoms with van der Waals surface area (Å²) in [5, 5.41) is 11.5. The summed E-state index contributed by atoms with van der Waals surface area (Å²) in [6, 6.07) is 0.745. The first-order valence-electron chi connectivity index (χ1n) is 6.90. The van der Waals surface area contributed by atoms with E-state index in [0.29, 0.717) is 13.0 Å². The van der Waals surface area contributed by atoms with Crippen LogP contribution in [0.5, 0.6) is 0 Å². The molecule has 2 atom stereocenters. The molecule has 1 aliphatic rings. The van der Waals surface area contributed by atoms with Crippen molar-refractivity contribution >= 4 is 17.8 Å². The van der Waals surface area contributed by atoms with E-state index in [0.717, 1.165) is 6.54 Å². The summed E-state index contributed by atoms with van der Waals surface area (Å²) in [6.45, 7) is 3.29. The van der Waals surface area contributed by atoms with E-state index in [1.807, 2.05) is 23.9 Å². The van der Waals surface area contributed by atoms with Crippen molar-refractivity contribution < 1.29 is 14.4 Å². The van der Waals surface area contributed by atoms with Gasteiger partial charge in [0.2, 0.25) is 5.91 Å². The highest BCUT2D eigenvalue weighted by atomic mass is 16.2. The minimum Gasteiger partial charge on any atom is -0.356 e. The number of imide groups is 1. The Morgan fingerprint density at radius 2 is 2.33 bits per heavy atom. The average Bonchev–Trinajstić information content (AvgIpc) is 3.04. The van der Waals surface area contributed by atoms with Gasteiger partial charge in [-0.2, -0.15) is 5.10 Å². The van der Waals surface area contributed by atoms with E-state index in [1.165, 1.54) is 0 Å². The van der Waals surface area contributed by atoms with Crippen LogP contribution in [0.4, 0.5) is 4.79 Å². The number of hydrogen-bond acceptors (Lipinski definition) is 4. The third-order valence-electron chi connectivity index (χ3n) is 3.22.